The summed E-state index contributed by atoms with van der Waals surface area (Å²) >= 11 is 0. The largest absolute Gasteiger partial charge is 0.489 e. The molecule has 0 radical (unpaired) electrons. The van der Waals surface area contributed by atoms with Gasteiger partial charge in [0, 0.05) is 6.42 Å². The Kier molecular flexibility index (Phi) is 5.77. The number of hydrogen-bond acceptors (Lipinski definition) is 3. The van der Waals surface area contributed by atoms with Crippen molar-refractivity contribution in [3.05, 3.63) is 96.1 Å². The van der Waals surface area contributed by atoms with E-state index in [2.05, 4.69) is 0 Å². The number of ether oxygens (including phenoxy) is 2. The van der Waals surface area contributed by atoms with Crippen molar-refractivity contribution in [2.24, 2.45) is 0 Å². The molecule has 0 aliphatic rings. The van der Waals surface area contributed by atoms with Crippen LogP contribution < -0.4 is 9.47 Å². The molecule has 0 aliphatic carbocycles. The molecule has 4 heteroatoms. The maximum absolute atomic E-state index is 11.8. The number of carbonyl (C=O) groups is 1. The van der Waals surface area contributed by atoms with Gasteiger partial charge in [-0.05, 0) is 42.3 Å². The summed E-state index contributed by atoms with van der Waals surface area (Å²) < 4.78 is 11.6. The van der Waals surface area contributed by atoms with Gasteiger partial charge in [-0.2, -0.15) is 0 Å². The second kappa shape index (κ2) is 8.41. The first-order valence-electron chi connectivity index (χ1n) is 8.78. The van der Waals surface area contributed by atoms with Crippen molar-refractivity contribution in [3.63, 3.8) is 0 Å². The Morgan fingerprint density at radius 1 is 0.815 bits per heavy atom. The quantitative estimate of drug-likeness (QED) is 0.629. The van der Waals surface area contributed by atoms with Gasteiger partial charge in [0.25, 0.3) is 0 Å². The summed E-state index contributed by atoms with van der Waals surface area (Å²) in [6, 6.07) is 26.4. The predicted molar refractivity (Wildman–Crippen MR) is 104 cm³/mol. The number of aliphatic carboxylic acids is 1. The lowest BCUT2D eigenvalue weighted by molar-refractivity contribution is -0.153. The fourth-order valence-corrected chi connectivity index (χ4v) is 2.75. The highest BCUT2D eigenvalue weighted by molar-refractivity contribution is 5.78. The van der Waals surface area contributed by atoms with Gasteiger partial charge in [-0.3, -0.25) is 0 Å². The monoisotopic (exact) mass is 362 g/mol. The normalized spacial score (nSPS) is 12.8. The fourth-order valence-electron chi connectivity index (χ4n) is 2.75. The van der Waals surface area contributed by atoms with E-state index in [9.17, 15) is 9.90 Å². The summed E-state index contributed by atoms with van der Waals surface area (Å²) in [5.74, 6) is 0.185. The van der Waals surface area contributed by atoms with Crippen LogP contribution in [0, 0.1) is 0 Å². The Balaban J connectivity index is 1.65. The topological polar surface area (TPSA) is 55.8 Å². The molecule has 0 heterocycles. The van der Waals surface area contributed by atoms with E-state index in [0.29, 0.717) is 18.1 Å². The number of carboxylic acid groups (broad SMARTS) is 1. The van der Waals surface area contributed by atoms with Crippen LogP contribution in [0.3, 0.4) is 0 Å². The van der Waals surface area contributed by atoms with Crippen molar-refractivity contribution < 1.29 is 19.4 Å². The minimum absolute atomic E-state index is 0.273. The lowest BCUT2D eigenvalue weighted by atomic mass is 9.96. The number of rotatable bonds is 8. The van der Waals surface area contributed by atoms with Crippen molar-refractivity contribution in [3.8, 4) is 11.5 Å². The lowest BCUT2D eigenvalue weighted by Crippen LogP contribution is -2.43. The summed E-state index contributed by atoms with van der Waals surface area (Å²) in [5.41, 5.74) is 0.637. The molecule has 138 valence electrons. The fraction of sp³-hybridized carbons (Fsp3) is 0.174. The molecule has 0 amide bonds. The second-order valence-corrected chi connectivity index (χ2v) is 6.55. The molecule has 3 aromatic rings. The molecular weight excluding hydrogens is 340 g/mol. The molecule has 0 saturated carbocycles. The molecule has 3 aromatic carbocycles. The molecule has 0 saturated heterocycles. The van der Waals surface area contributed by atoms with Crippen LogP contribution in [0.4, 0.5) is 0 Å². The summed E-state index contributed by atoms with van der Waals surface area (Å²) in [7, 11) is 0. The third kappa shape index (κ3) is 5.11. The number of carboxylic acids is 1. The van der Waals surface area contributed by atoms with Crippen molar-refractivity contribution in [2.75, 3.05) is 0 Å². The molecule has 0 bridgehead atoms. The van der Waals surface area contributed by atoms with Crippen molar-refractivity contribution in [2.45, 2.75) is 25.6 Å². The molecular formula is C23H22O4. The van der Waals surface area contributed by atoms with Gasteiger partial charge in [0.2, 0.25) is 5.60 Å². The highest BCUT2D eigenvalue weighted by atomic mass is 16.5. The van der Waals surface area contributed by atoms with Crippen LogP contribution in [0.1, 0.15) is 18.1 Å². The zero-order chi connectivity index (χ0) is 19.1. The third-order valence-electron chi connectivity index (χ3n) is 4.25. The minimum atomic E-state index is -1.35. The Morgan fingerprint density at radius 2 is 1.33 bits per heavy atom. The van der Waals surface area contributed by atoms with Crippen LogP contribution in [0.15, 0.2) is 84.9 Å². The molecule has 0 aromatic heterocycles. The van der Waals surface area contributed by atoms with Crippen molar-refractivity contribution >= 4 is 5.97 Å². The van der Waals surface area contributed by atoms with Crippen LogP contribution in [0.2, 0.25) is 0 Å². The summed E-state index contributed by atoms with van der Waals surface area (Å²) in [5, 5.41) is 9.67. The minimum Gasteiger partial charge on any atom is -0.489 e. The van der Waals surface area contributed by atoms with E-state index in [1.54, 1.807) is 31.2 Å². The van der Waals surface area contributed by atoms with Crippen molar-refractivity contribution in [1.29, 1.82) is 0 Å². The van der Waals surface area contributed by atoms with E-state index in [4.69, 9.17) is 9.47 Å². The highest BCUT2D eigenvalue weighted by Crippen LogP contribution is 2.25. The maximum Gasteiger partial charge on any atom is 0.348 e. The first-order valence-corrected chi connectivity index (χ1v) is 8.78. The van der Waals surface area contributed by atoms with Gasteiger partial charge in [0.05, 0.1) is 0 Å². The first-order chi connectivity index (χ1) is 13.0. The molecule has 0 fully saturated rings. The molecule has 0 spiro atoms. The maximum atomic E-state index is 11.8. The van der Waals surface area contributed by atoms with E-state index in [1.165, 1.54) is 0 Å². The molecule has 1 atom stereocenters. The highest BCUT2D eigenvalue weighted by Gasteiger charge is 2.36. The smallest absolute Gasteiger partial charge is 0.348 e. The SMILES string of the molecule is CC(Cc1ccccc1)(Oc1ccc(OCc2ccccc2)cc1)C(=O)O. The Labute approximate surface area is 159 Å². The molecule has 1 unspecified atom stereocenters. The number of hydrogen-bond donors (Lipinski definition) is 1. The van der Waals surface area contributed by atoms with Crippen LogP contribution in [-0.4, -0.2) is 16.7 Å². The molecule has 4 nitrogen and oxygen atoms in total. The molecule has 1 N–H and O–H groups in total. The van der Waals surface area contributed by atoms with Gasteiger partial charge in [0.1, 0.15) is 18.1 Å². The van der Waals surface area contributed by atoms with Gasteiger partial charge in [-0.1, -0.05) is 60.7 Å². The van der Waals surface area contributed by atoms with E-state index in [1.807, 2.05) is 60.7 Å². The lowest BCUT2D eigenvalue weighted by Gasteiger charge is -2.26. The molecule has 3 rings (SSSR count). The van der Waals surface area contributed by atoms with Crippen LogP contribution >= 0.6 is 0 Å². The van der Waals surface area contributed by atoms with Crippen molar-refractivity contribution in [1.82, 2.24) is 0 Å². The van der Waals surface area contributed by atoms with Gasteiger partial charge in [-0.15, -0.1) is 0 Å². The zero-order valence-corrected chi connectivity index (χ0v) is 15.2. The second-order valence-electron chi connectivity index (χ2n) is 6.55. The van der Waals surface area contributed by atoms with E-state index in [-0.39, 0.29) is 6.42 Å². The van der Waals surface area contributed by atoms with Crippen LogP contribution in [0.5, 0.6) is 11.5 Å². The van der Waals surface area contributed by atoms with Gasteiger partial charge in [0.15, 0.2) is 0 Å². The zero-order valence-electron chi connectivity index (χ0n) is 15.2. The van der Waals surface area contributed by atoms with E-state index in [0.717, 1.165) is 11.1 Å². The average molecular weight is 362 g/mol. The summed E-state index contributed by atoms with van der Waals surface area (Å²) in [4.78, 5) is 11.8. The van der Waals surface area contributed by atoms with Gasteiger partial charge in [-0.25, -0.2) is 4.79 Å². The Hall–Kier alpha value is -3.27. The van der Waals surface area contributed by atoms with Gasteiger partial charge >= 0.3 is 5.97 Å². The average Bonchev–Trinajstić information content (AvgIpc) is 2.69. The molecule has 27 heavy (non-hydrogen) atoms. The van der Waals surface area contributed by atoms with E-state index >= 15 is 0 Å². The standard InChI is InChI=1S/C23H22O4/c1-23(22(24)25,16-18-8-4-2-5-9-18)27-21-14-12-20(13-15-21)26-17-19-10-6-3-7-11-19/h2-15H,16-17H2,1H3,(H,24,25). The summed E-state index contributed by atoms with van der Waals surface area (Å²) in [6.07, 6.45) is 0.273. The third-order valence-corrected chi connectivity index (χ3v) is 4.25. The van der Waals surface area contributed by atoms with Gasteiger partial charge < -0.3 is 14.6 Å². The predicted octanol–water partition coefficient (Wildman–Crippen LogP) is 4.73. The summed E-state index contributed by atoms with van der Waals surface area (Å²) in [6.45, 7) is 2.06. The number of benzene rings is 3. The molecule has 0 aliphatic heterocycles. The van der Waals surface area contributed by atoms with E-state index < -0.39 is 11.6 Å². The van der Waals surface area contributed by atoms with Crippen LogP contribution in [-0.2, 0) is 17.8 Å². The Bertz CT molecular complexity index is 860. The first kappa shape index (κ1) is 18.5. The Morgan fingerprint density at radius 3 is 1.89 bits per heavy atom. The van der Waals surface area contributed by atoms with Crippen LogP contribution in [0.25, 0.3) is 0 Å².